The highest BCUT2D eigenvalue weighted by molar-refractivity contribution is 7.84. The Kier molecular flexibility index (Phi) is 7.85. The Morgan fingerprint density at radius 3 is 2.72 bits per heavy atom. The number of aliphatic hydroxyl groups is 1. The quantitative estimate of drug-likeness (QED) is 0.717. The molecular weight excluding hydrogens is 397 g/mol. The fourth-order valence-electron chi connectivity index (χ4n) is 3.71. The van der Waals surface area contributed by atoms with Gasteiger partial charge in [0.1, 0.15) is 5.82 Å². The lowest BCUT2D eigenvalue weighted by molar-refractivity contribution is -0.123. The van der Waals surface area contributed by atoms with Crippen molar-refractivity contribution >= 4 is 28.1 Å². The van der Waals surface area contributed by atoms with Gasteiger partial charge >= 0.3 is 0 Å². The molecule has 0 bridgehead atoms. The van der Waals surface area contributed by atoms with Gasteiger partial charge in [0.25, 0.3) is 0 Å². The monoisotopic (exact) mass is 427 g/mol. The number of nitrogens with zero attached hydrogens (tertiary/aromatic N) is 2. The Bertz CT molecular complexity index is 724. The van der Waals surface area contributed by atoms with Crippen LogP contribution in [0.5, 0.6) is 0 Å². The van der Waals surface area contributed by atoms with Gasteiger partial charge in [-0.3, -0.25) is 9.00 Å². The van der Waals surface area contributed by atoms with Crippen LogP contribution >= 0.6 is 0 Å². The molecule has 29 heavy (non-hydrogen) atoms. The second kappa shape index (κ2) is 10.4. The van der Waals surface area contributed by atoms with Crippen molar-refractivity contribution in [3.05, 3.63) is 24.0 Å². The van der Waals surface area contributed by atoms with Crippen molar-refractivity contribution in [1.29, 1.82) is 0 Å². The first-order chi connectivity index (χ1) is 14.0. The van der Waals surface area contributed by atoms with Crippen LogP contribution in [-0.4, -0.2) is 65.4 Å². The molecule has 2 fully saturated rings. The molecule has 0 aromatic heterocycles. The van der Waals surface area contributed by atoms with E-state index in [2.05, 4.69) is 5.32 Å². The molecule has 2 heterocycles. The Balaban J connectivity index is 1.62. The molecule has 1 amide bonds. The third-order valence-corrected chi connectivity index (χ3v) is 6.68. The smallest absolute Gasteiger partial charge is 0.238 e. The second-order valence-electron chi connectivity index (χ2n) is 7.47. The van der Waals surface area contributed by atoms with Crippen LogP contribution in [0.1, 0.15) is 32.6 Å². The van der Waals surface area contributed by atoms with E-state index in [-0.39, 0.29) is 17.8 Å². The molecular formula is C20H30FN3O4S. The molecule has 0 aliphatic carbocycles. The maximum absolute atomic E-state index is 14.9. The molecule has 2 N–H and O–H groups in total. The lowest BCUT2D eigenvalue weighted by Crippen LogP contribution is -2.34. The van der Waals surface area contributed by atoms with Crippen LogP contribution in [0, 0.1) is 5.82 Å². The van der Waals surface area contributed by atoms with Gasteiger partial charge in [-0.05, 0) is 37.5 Å². The third kappa shape index (κ3) is 5.90. The largest absolute Gasteiger partial charge is 0.369 e. The first-order valence-electron chi connectivity index (χ1n) is 10.2. The molecule has 1 aromatic rings. The van der Waals surface area contributed by atoms with E-state index in [0.717, 1.165) is 19.3 Å². The molecule has 0 saturated carbocycles. The summed E-state index contributed by atoms with van der Waals surface area (Å²) in [5.74, 6) is 0.917. The molecule has 9 heteroatoms. The van der Waals surface area contributed by atoms with Crippen LogP contribution in [-0.2, 0) is 20.3 Å². The van der Waals surface area contributed by atoms with Gasteiger partial charge in [0.2, 0.25) is 12.3 Å². The van der Waals surface area contributed by atoms with Crippen molar-refractivity contribution in [2.45, 2.75) is 45.1 Å². The van der Waals surface area contributed by atoms with E-state index in [1.807, 2.05) is 11.8 Å². The van der Waals surface area contributed by atoms with E-state index in [4.69, 9.17) is 4.74 Å². The van der Waals surface area contributed by atoms with Crippen molar-refractivity contribution in [2.24, 2.45) is 0 Å². The summed E-state index contributed by atoms with van der Waals surface area (Å²) in [5.41, 5.74) is 1.06. The average Bonchev–Trinajstić information content (AvgIpc) is 3.04. The van der Waals surface area contributed by atoms with Crippen molar-refractivity contribution < 1.29 is 23.2 Å². The standard InChI is InChI=1S/C20H30FN3O4S/c1-2-5-19(25)22-13-16-14-24(20(26)28-16)15-6-7-18(17(21)12-15)23-8-3-10-29(27)11-4-9-23/h6-7,12,16,20,26H,2-5,8-11,13-14H2,1H3,(H,22,25)/t16-,20?/m0/s1. The number of carbonyl (C=O) groups excluding carboxylic acids is 1. The van der Waals surface area contributed by atoms with E-state index in [1.165, 1.54) is 6.07 Å². The lowest BCUT2D eigenvalue weighted by Gasteiger charge is -2.28. The van der Waals surface area contributed by atoms with Crippen molar-refractivity contribution in [3.8, 4) is 0 Å². The zero-order valence-electron chi connectivity index (χ0n) is 16.8. The topological polar surface area (TPSA) is 82.1 Å². The molecule has 7 nitrogen and oxygen atoms in total. The van der Waals surface area contributed by atoms with Crippen molar-refractivity contribution in [1.82, 2.24) is 5.32 Å². The average molecular weight is 428 g/mol. The molecule has 2 aliphatic rings. The van der Waals surface area contributed by atoms with Gasteiger partial charge in [-0.1, -0.05) is 6.92 Å². The summed E-state index contributed by atoms with van der Waals surface area (Å²) in [7, 11) is -0.760. The number of benzene rings is 1. The van der Waals surface area contributed by atoms with E-state index in [0.29, 0.717) is 55.5 Å². The predicted molar refractivity (Wildman–Crippen MR) is 112 cm³/mol. The highest BCUT2D eigenvalue weighted by Crippen LogP contribution is 2.29. The number of hydrogen-bond donors (Lipinski definition) is 2. The molecule has 0 radical (unpaired) electrons. The molecule has 2 aliphatic heterocycles. The molecule has 1 unspecified atom stereocenters. The van der Waals surface area contributed by atoms with Gasteiger partial charge in [-0.25, -0.2) is 4.39 Å². The highest BCUT2D eigenvalue weighted by Gasteiger charge is 2.32. The number of rotatable bonds is 6. The summed E-state index contributed by atoms with van der Waals surface area (Å²) in [6.07, 6.45) is 1.24. The zero-order chi connectivity index (χ0) is 20.8. The van der Waals surface area contributed by atoms with Crippen LogP contribution in [0.15, 0.2) is 18.2 Å². The van der Waals surface area contributed by atoms with E-state index in [9.17, 15) is 18.5 Å². The minimum Gasteiger partial charge on any atom is -0.369 e. The van der Waals surface area contributed by atoms with Crippen LogP contribution in [0.3, 0.4) is 0 Å². The van der Waals surface area contributed by atoms with Gasteiger partial charge in [0.15, 0.2) is 0 Å². The number of anilines is 2. The number of ether oxygens (including phenoxy) is 1. The number of nitrogens with one attached hydrogen (secondary N) is 1. The summed E-state index contributed by atoms with van der Waals surface area (Å²) < 4.78 is 32.0. The molecule has 2 saturated heterocycles. The van der Waals surface area contributed by atoms with Gasteiger partial charge in [0.05, 0.1) is 18.3 Å². The molecule has 1 aromatic carbocycles. The number of carbonyl (C=O) groups is 1. The Morgan fingerprint density at radius 1 is 1.34 bits per heavy atom. The molecule has 2 atom stereocenters. The number of hydrogen-bond acceptors (Lipinski definition) is 6. The van der Waals surface area contributed by atoms with E-state index in [1.54, 1.807) is 17.0 Å². The first kappa shape index (κ1) is 22.0. The van der Waals surface area contributed by atoms with Crippen LogP contribution < -0.4 is 15.1 Å². The Labute approximate surface area is 173 Å². The SMILES string of the molecule is CCCC(=O)NC[C@H]1CN(c2ccc(N3CCCS(=O)CCC3)c(F)c2)C(O)O1. The van der Waals surface area contributed by atoms with Crippen LogP contribution in [0.25, 0.3) is 0 Å². The zero-order valence-corrected chi connectivity index (χ0v) is 17.6. The third-order valence-electron chi connectivity index (χ3n) is 5.19. The number of amides is 1. The lowest BCUT2D eigenvalue weighted by atomic mass is 10.2. The summed E-state index contributed by atoms with van der Waals surface area (Å²) in [5, 5.41) is 13.0. The summed E-state index contributed by atoms with van der Waals surface area (Å²) in [6.45, 7) is 3.96. The van der Waals surface area contributed by atoms with E-state index >= 15 is 0 Å². The minimum absolute atomic E-state index is 0.0449. The first-order valence-corrected chi connectivity index (χ1v) is 11.7. The van der Waals surface area contributed by atoms with Gasteiger partial charge in [0, 0.05) is 54.0 Å². The number of aliphatic hydroxyl groups excluding tert-OH is 1. The van der Waals surface area contributed by atoms with Crippen molar-refractivity contribution in [3.63, 3.8) is 0 Å². The number of halogens is 1. The van der Waals surface area contributed by atoms with Crippen LogP contribution in [0.2, 0.25) is 0 Å². The molecule has 0 spiro atoms. The van der Waals surface area contributed by atoms with Crippen LogP contribution in [0.4, 0.5) is 15.8 Å². The second-order valence-corrected chi connectivity index (χ2v) is 9.16. The summed E-state index contributed by atoms with van der Waals surface area (Å²) in [4.78, 5) is 15.2. The molecule has 3 rings (SSSR count). The fraction of sp³-hybridized carbons (Fsp3) is 0.650. The van der Waals surface area contributed by atoms with E-state index < -0.39 is 17.2 Å². The van der Waals surface area contributed by atoms with Gasteiger partial charge in [-0.2, -0.15) is 0 Å². The van der Waals surface area contributed by atoms with Gasteiger partial charge < -0.3 is 25.0 Å². The minimum atomic E-state index is -1.18. The van der Waals surface area contributed by atoms with Gasteiger partial charge in [-0.15, -0.1) is 0 Å². The molecule has 162 valence electrons. The predicted octanol–water partition coefficient (Wildman–Crippen LogP) is 1.57. The Morgan fingerprint density at radius 2 is 2.07 bits per heavy atom. The van der Waals surface area contributed by atoms with Crippen molar-refractivity contribution in [2.75, 3.05) is 47.5 Å². The summed E-state index contributed by atoms with van der Waals surface area (Å²) in [6, 6.07) is 4.92. The normalized spacial score (nSPS) is 23.7. The maximum atomic E-state index is 14.9. The maximum Gasteiger partial charge on any atom is 0.238 e. The summed E-state index contributed by atoms with van der Waals surface area (Å²) >= 11 is 0. The fourth-order valence-corrected chi connectivity index (χ4v) is 4.81. The highest BCUT2D eigenvalue weighted by atomic mass is 32.2. The Hall–Kier alpha value is -1.71.